The van der Waals surface area contributed by atoms with Crippen LogP contribution in [0.1, 0.15) is 36.8 Å². The molecule has 6 nitrogen and oxygen atoms in total. The molecule has 2 heterocycles. The van der Waals surface area contributed by atoms with Crippen molar-refractivity contribution < 1.29 is 18.7 Å². The van der Waals surface area contributed by atoms with Crippen LogP contribution in [0.4, 0.5) is 0 Å². The van der Waals surface area contributed by atoms with Gasteiger partial charge in [-0.05, 0) is 63.1 Å². The highest BCUT2D eigenvalue weighted by atomic mass is 16.5. The van der Waals surface area contributed by atoms with Crippen LogP contribution in [-0.2, 0) is 22.7 Å². The molecule has 1 aromatic heterocycles. The third kappa shape index (κ3) is 5.66. The maximum atomic E-state index is 12.3. The summed E-state index contributed by atoms with van der Waals surface area (Å²) in [4.78, 5) is 19.0. The van der Waals surface area contributed by atoms with Gasteiger partial charge in [0, 0.05) is 24.0 Å². The first-order valence-electron chi connectivity index (χ1n) is 11.4. The summed E-state index contributed by atoms with van der Waals surface area (Å²) in [5, 5.41) is -0.925. The molecule has 0 spiro atoms. The molecule has 1 atom stereocenters. The Morgan fingerprint density at radius 2 is 1.94 bits per heavy atom. The van der Waals surface area contributed by atoms with Crippen molar-refractivity contribution in [3.8, 4) is 17.2 Å². The van der Waals surface area contributed by atoms with Gasteiger partial charge in [0.05, 0.1) is 14.5 Å². The zero-order chi connectivity index (χ0) is 23.3. The summed E-state index contributed by atoms with van der Waals surface area (Å²) in [6.07, 6.45) is 1.53. The number of aromatic nitrogens is 1. The minimum Gasteiger partial charge on any atom is -0.487 e. The van der Waals surface area contributed by atoms with Gasteiger partial charge in [0.1, 0.15) is 23.8 Å². The summed E-state index contributed by atoms with van der Waals surface area (Å²) in [6, 6.07) is 17.8. The number of esters is 1. The number of carbonyl (C=O) groups excluding carboxylic acids is 1. The highest BCUT2D eigenvalue weighted by molar-refractivity contribution is 6.27. The van der Waals surface area contributed by atoms with E-state index in [1.807, 2.05) is 61.5 Å². The highest BCUT2D eigenvalue weighted by Crippen LogP contribution is 2.35. The van der Waals surface area contributed by atoms with Gasteiger partial charge in [0.25, 0.3) is 0 Å². The molecule has 0 amide bonds. The number of likely N-dealkylation sites (tertiary alicyclic amines) is 1. The lowest BCUT2D eigenvalue weighted by Crippen LogP contribution is -2.43. The minimum atomic E-state index is -0.925. The van der Waals surface area contributed by atoms with Crippen molar-refractivity contribution in [3.05, 3.63) is 71.6 Å². The van der Waals surface area contributed by atoms with E-state index < -0.39 is 5.31 Å². The quantitative estimate of drug-likeness (QED) is 0.370. The normalized spacial score (nSPS) is 18.7. The summed E-state index contributed by atoms with van der Waals surface area (Å²) >= 11 is 0. The molecule has 3 aromatic rings. The van der Waals surface area contributed by atoms with Crippen LogP contribution < -0.4 is 4.74 Å². The van der Waals surface area contributed by atoms with Crippen LogP contribution in [0, 0.1) is 6.92 Å². The second kappa shape index (κ2) is 10.3. The summed E-state index contributed by atoms with van der Waals surface area (Å²) in [6.45, 7) is 6.52. The Kier molecular flexibility index (Phi) is 7.18. The van der Waals surface area contributed by atoms with Crippen LogP contribution in [0.25, 0.3) is 11.5 Å². The minimum absolute atomic E-state index is 0.308. The Morgan fingerprint density at radius 3 is 2.67 bits per heavy atom. The van der Waals surface area contributed by atoms with Crippen molar-refractivity contribution in [3.63, 3.8) is 0 Å². The van der Waals surface area contributed by atoms with Gasteiger partial charge in [0.2, 0.25) is 5.89 Å². The highest BCUT2D eigenvalue weighted by Gasteiger charge is 2.38. The molecule has 2 radical (unpaired) electrons. The van der Waals surface area contributed by atoms with E-state index in [9.17, 15) is 4.79 Å². The standard InChI is InChI=1S/C26H29BN2O4/c1-3-31-25(30)26(27)14-7-15-29(18-26)16-20-10-12-22(13-11-20)32-17-23-19(2)33-24(28-23)21-8-5-4-6-9-21/h4-6,8-13H,3,7,14-18H2,1-2H3. The van der Waals surface area contributed by atoms with Crippen molar-refractivity contribution in [1.82, 2.24) is 9.88 Å². The second-order valence-corrected chi connectivity index (χ2v) is 8.51. The van der Waals surface area contributed by atoms with Gasteiger partial charge in [-0.1, -0.05) is 30.3 Å². The molecule has 0 bridgehead atoms. The average molecular weight is 444 g/mol. The smallest absolute Gasteiger partial charge is 0.304 e. The van der Waals surface area contributed by atoms with Crippen molar-refractivity contribution in [1.29, 1.82) is 0 Å². The van der Waals surface area contributed by atoms with E-state index in [2.05, 4.69) is 9.88 Å². The van der Waals surface area contributed by atoms with Crippen molar-refractivity contribution in [2.45, 2.75) is 45.2 Å². The van der Waals surface area contributed by atoms with Crippen molar-refractivity contribution >= 4 is 13.8 Å². The molecule has 1 aliphatic heterocycles. The van der Waals surface area contributed by atoms with Gasteiger partial charge in [0.15, 0.2) is 0 Å². The molecule has 0 saturated carbocycles. The van der Waals surface area contributed by atoms with Crippen LogP contribution in [0.15, 0.2) is 59.0 Å². The van der Waals surface area contributed by atoms with Gasteiger partial charge < -0.3 is 13.9 Å². The molecular formula is C26H29BN2O4. The fourth-order valence-electron chi connectivity index (χ4n) is 4.12. The molecule has 4 rings (SSSR count). The molecule has 170 valence electrons. The number of hydrogen-bond donors (Lipinski definition) is 0. The van der Waals surface area contributed by atoms with Crippen LogP contribution in [0.5, 0.6) is 5.75 Å². The summed E-state index contributed by atoms with van der Waals surface area (Å²) in [5.41, 5.74) is 2.86. The summed E-state index contributed by atoms with van der Waals surface area (Å²) < 4.78 is 16.9. The Bertz CT molecular complexity index is 1070. The summed E-state index contributed by atoms with van der Waals surface area (Å²) in [7, 11) is 6.35. The van der Waals surface area contributed by atoms with Crippen molar-refractivity contribution in [2.24, 2.45) is 0 Å². The van der Waals surface area contributed by atoms with E-state index in [0.717, 1.165) is 47.8 Å². The number of benzene rings is 2. The molecule has 1 aliphatic rings. The largest absolute Gasteiger partial charge is 0.487 e. The first-order chi connectivity index (χ1) is 16.0. The third-order valence-electron chi connectivity index (χ3n) is 5.90. The fraction of sp³-hybridized carbons (Fsp3) is 0.385. The Labute approximate surface area is 196 Å². The van der Waals surface area contributed by atoms with Gasteiger partial charge in [-0.2, -0.15) is 0 Å². The van der Waals surface area contributed by atoms with Crippen LogP contribution in [-0.4, -0.2) is 43.4 Å². The van der Waals surface area contributed by atoms with E-state index in [0.29, 0.717) is 32.1 Å². The van der Waals surface area contributed by atoms with Gasteiger partial charge in [-0.3, -0.25) is 9.69 Å². The molecule has 2 aromatic carbocycles. The lowest BCUT2D eigenvalue weighted by atomic mass is 9.64. The van der Waals surface area contributed by atoms with E-state index in [-0.39, 0.29) is 5.97 Å². The van der Waals surface area contributed by atoms with E-state index >= 15 is 0 Å². The predicted molar refractivity (Wildman–Crippen MR) is 127 cm³/mol. The Balaban J connectivity index is 1.33. The molecular weight excluding hydrogens is 415 g/mol. The molecule has 7 heteroatoms. The topological polar surface area (TPSA) is 64.8 Å². The SMILES string of the molecule is [B]C1(C(=O)OCC)CCCN(Cc2ccc(OCc3nc(-c4ccccc4)oc3C)cc2)C1. The van der Waals surface area contributed by atoms with Crippen LogP contribution in [0.3, 0.4) is 0 Å². The van der Waals surface area contributed by atoms with Gasteiger partial charge in [-0.15, -0.1) is 0 Å². The molecule has 33 heavy (non-hydrogen) atoms. The van der Waals surface area contributed by atoms with E-state index in [1.165, 1.54) is 0 Å². The number of ether oxygens (including phenoxy) is 2. The lowest BCUT2D eigenvalue weighted by molar-refractivity contribution is -0.148. The predicted octanol–water partition coefficient (Wildman–Crippen LogP) is 4.72. The maximum Gasteiger partial charge on any atom is 0.304 e. The molecule has 1 unspecified atom stereocenters. The molecule has 1 fully saturated rings. The number of rotatable bonds is 8. The third-order valence-corrected chi connectivity index (χ3v) is 5.90. The Hall–Kier alpha value is -3.06. The van der Waals surface area contributed by atoms with Crippen LogP contribution in [0.2, 0.25) is 5.31 Å². The first-order valence-corrected chi connectivity index (χ1v) is 11.4. The molecule has 0 aliphatic carbocycles. The Morgan fingerprint density at radius 1 is 1.18 bits per heavy atom. The van der Waals surface area contributed by atoms with E-state index in [4.69, 9.17) is 21.7 Å². The van der Waals surface area contributed by atoms with E-state index in [1.54, 1.807) is 6.92 Å². The number of oxazole rings is 1. The summed E-state index contributed by atoms with van der Waals surface area (Å²) in [5.74, 6) is 1.81. The zero-order valence-corrected chi connectivity index (χ0v) is 19.3. The maximum absolute atomic E-state index is 12.3. The monoisotopic (exact) mass is 444 g/mol. The zero-order valence-electron chi connectivity index (χ0n) is 19.3. The lowest BCUT2D eigenvalue weighted by Gasteiger charge is -2.39. The first kappa shape index (κ1) is 23.1. The number of piperidine rings is 1. The molecule has 1 saturated heterocycles. The van der Waals surface area contributed by atoms with Gasteiger partial charge in [-0.25, -0.2) is 4.98 Å². The van der Waals surface area contributed by atoms with Crippen molar-refractivity contribution in [2.75, 3.05) is 19.7 Å². The second-order valence-electron chi connectivity index (χ2n) is 8.51. The number of nitrogens with zero attached hydrogens (tertiary/aromatic N) is 2. The number of aryl methyl sites for hydroxylation is 1. The van der Waals surface area contributed by atoms with Crippen LogP contribution >= 0.6 is 0 Å². The number of hydrogen-bond acceptors (Lipinski definition) is 6. The van der Waals surface area contributed by atoms with Gasteiger partial charge >= 0.3 is 5.97 Å². The fourth-order valence-corrected chi connectivity index (χ4v) is 4.12. The average Bonchev–Trinajstić information content (AvgIpc) is 3.20. The molecule has 0 N–H and O–H groups in total. The number of carbonyl (C=O) groups is 1.